The van der Waals surface area contributed by atoms with E-state index < -0.39 is 0 Å². The minimum Gasteiger partial charge on any atom is -0.486 e. The number of halogens is 1. The largest absolute Gasteiger partial charge is 0.486 e. The van der Waals surface area contributed by atoms with Gasteiger partial charge in [0.1, 0.15) is 18.4 Å². The molecule has 3 aromatic rings. The molecular formula is C23H24ClN5O2S. The number of para-hydroxylation sites is 1. The number of carbonyl (C=O) groups excluding carboxylic acids is 1. The normalized spacial score (nSPS) is 10.7. The SMILES string of the molecule is CC(C)CCn1c(COc2ccccc2)nnc1SCC(=O)Nc1ccc(C#N)c(Cl)c1. The topological polar surface area (TPSA) is 92.8 Å². The predicted octanol–water partition coefficient (Wildman–Crippen LogP) is 5.16. The summed E-state index contributed by atoms with van der Waals surface area (Å²) >= 11 is 7.35. The van der Waals surface area contributed by atoms with Crippen molar-refractivity contribution in [1.29, 1.82) is 5.26 Å². The first-order valence-corrected chi connectivity index (χ1v) is 11.5. The summed E-state index contributed by atoms with van der Waals surface area (Å²) in [5, 5.41) is 21.3. The molecule has 0 atom stereocenters. The Hall–Kier alpha value is -3.02. The van der Waals surface area contributed by atoms with Crippen molar-refractivity contribution in [2.24, 2.45) is 5.92 Å². The van der Waals surface area contributed by atoms with Crippen LogP contribution in [0.4, 0.5) is 5.69 Å². The van der Waals surface area contributed by atoms with Crippen LogP contribution in [-0.2, 0) is 17.9 Å². The van der Waals surface area contributed by atoms with Crippen LogP contribution in [0.1, 0.15) is 31.7 Å². The number of ether oxygens (including phenoxy) is 1. The third kappa shape index (κ3) is 6.74. The number of anilines is 1. The van der Waals surface area contributed by atoms with Gasteiger partial charge in [0.2, 0.25) is 5.91 Å². The number of amides is 1. The Morgan fingerprint density at radius 3 is 2.72 bits per heavy atom. The second kappa shape index (κ2) is 11.6. The number of thioether (sulfide) groups is 1. The van der Waals surface area contributed by atoms with E-state index >= 15 is 0 Å². The van der Waals surface area contributed by atoms with Gasteiger partial charge in [-0.25, -0.2) is 0 Å². The molecule has 0 saturated heterocycles. The number of benzene rings is 2. The van der Waals surface area contributed by atoms with E-state index in [0.717, 1.165) is 24.5 Å². The molecule has 0 aliphatic carbocycles. The molecule has 0 aliphatic rings. The van der Waals surface area contributed by atoms with Crippen molar-refractivity contribution >= 4 is 35.0 Å². The summed E-state index contributed by atoms with van der Waals surface area (Å²) in [5.74, 6) is 1.97. The summed E-state index contributed by atoms with van der Waals surface area (Å²) in [6, 6.07) is 16.3. The molecule has 1 N–H and O–H groups in total. The number of nitriles is 1. The van der Waals surface area contributed by atoms with E-state index in [2.05, 4.69) is 29.4 Å². The monoisotopic (exact) mass is 469 g/mol. The second-order valence-electron chi connectivity index (χ2n) is 7.48. The molecule has 3 rings (SSSR count). The summed E-state index contributed by atoms with van der Waals surface area (Å²) in [6.07, 6.45) is 0.958. The molecule has 0 saturated carbocycles. The molecule has 7 nitrogen and oxygen atoms in total. The molecule has 1 amide bonds. The number of rotatable bonds is 10. The van der Waals surface area contributed by atoms with E-state index in [0.29, 0.717) is 34.0 Å². The van der Waals surface area contributed by atoms with Crippen molar-refractivity contribution in [2.75, 3.05) is 11.1 Å². The third-order valence-corrected chi connectivity index (χ3v) is 5.82. The molecule has 2 aromatic carbocycles. The highest BCUT2D eigenvalue weighted by Crippen LogP contribution is 2.22. The fourth-order valence-electron chi connectivity index (χ4n) is 2.82. The number of hydrogen-bond donors (Lipinski definition) is 1. The van der Waals surface area contributed by atoms with Crippen LogP contribution in [0, 0.1) is 17.2 Å². The summed E-state index contributed by atoms with van der Waals surface area (Å²) < 4.78 is 7.85. The van der Waals surface area contributed by atoms with E-state index in [1.807, 2.05) is 41.0 Å². The lowest BCUT2D eigenvalue weighted by Crippen LogP contribution is -2.15. The van der Waals surface area contributed by atoms with Gasteiger partial charge in [-0.3, -0.25) is 4.79 Å². The highest BCUT2D eigenvalue weighted by atomic mass is 35.5. The van der Waals surface area contributed by atoms with Gasteiger partial charge in [-0.15, -0.1) is 10.2 Å². The van der Waals surface area contributed by atoms with Gasteiger partial charge in [0.25, 0.3) is 0 Å². The van der Waals surface area contributed by atoms with Gasteiger partial charge >= 0.3 is 0 Å². The Labute approximate surface area is 196 Å². The summed E-state index contributed by atoms with van der Waals surface area (Å²) in [4.78, 5) is 12.4. The minimum atomic E-state index is -0.198. The van der Waals surface area contributed by atoms with Crippen molar-refractivity contribution in [3.63, 3.8) is 0 Å². The van der Waals surface area contributed by atoms with Crippen molar-refractivity contribution in [2.45, 2.75) is 38.6 Å². The maximum Gasteiger partial charge on any atom is 0.234 e. The highest BCUT2D eigenvalue weighted by Gasteiger charge is 2.16. The Bertz CT molecular complexity index is 1100. The first kappa shape index (κ1) is 23.6. The maximum atomic E-state index is 12.4. The van der Waals surface area contributed by atoms with Gasteiger partial charge in [-0.2, -0.15) is 5.26 Å². The molecule has 1 heterocycles. The third-order valence-electron chi connectivity index (χ3n) is 4.54. The van der Waals surface area contributed by atoms with Crippen LogP contribution in [0.25, 0.3) is 0 Å². The van der Waals surface area contributed by atoms with Crippen LogP contribution in [0.5, 0.6) is 5.75 Å². The molecule has 0 bridgehead atoms. The van der Waals surface area contributed by atoms with E-state index in [9.17, 15) is 4.79 Å². The van der Waals surface area contributed by atoms with Crippen molar-refractivity contribution < 1.29 is 9.53 Å². The zero-order valence-electron chi connectivity index (χ0n) is 17.9. The smallest absolute Gasteiger partial charge is 0.234 e. The van der Waals surface area contributed by atoms with Gasteiger partial charge in [0, 0.05) is 12.2 Å². The molecule has 0 unspecified atom stereocenters. The van der Waals surface area contributed by atoms with Crippen LogP contribution in [0.15, 0.2) is 53.7 Å². The molecular weight excluding hydrogens is 446 g/mol. The van der Waals surface area contributed by atoms with E-state index in [4.69, 9.17) is 21.6 Å². The molecule has 0 radical (unpaired) electrons. The second-order valence-corrected chi connectivity index (χ2v) is 8.83. The van der Waals surface area contributed by atoms with Crippen molar-refractivity contribution in [1.82, 2.24) is 14.8 Å². The zero-order chi connectivity index (χ0) is 22.9. The molecule has 0 aliphatic heterocycles. The fraction of sp³-hybridized carbons (Fsp3) is 0.304. The van der Waals surface area contributed by atoms with Crippen LogP contribution in [0.3, 0.4) is 0 Å². The summed E-state index contributed by atoms with van der Waals surface area (Å²) in [6.45, 7) is 5.36. The Morgan fingerprint density at radius 1 is 1.25 bits per heavy atom. The number of nitrogens with one attached hydrogen (secondary N) is 1. The molecule has 1 aromatic heterocycles. The maximum absolute atomic E-state index is 12.4. The van der Waals surface area contributed by atoms with E-state index in [-0.39, 0.29) is 11.7 Å². The van der Waals surface area contributed by atoms with Gasteiger partial charge in [-0.1, -0.05) is 55.4 Å². The summed E-state index contributed by atoms with van der Waals surface area (Å²) in [7, 11) is 0. The standard InChI is InChI=1S/C23H24ClN5O2S/c1-16(2)10-11-29-21(14-31-19-6-4-3-5-7-19)27-28-23(29)32-15-22(30)26-18-9-8-17(13-25)20(24)12-18/h3-9,12,16H,10-11,14-15H2,1-2H3,(H,26,30). The average molecular weight is 470 g/mol. The van der Waals surface area contributed by atoms with Gasteiger partial charge < -0.3 is 14.6 Å². The number of nitrogens with zero attached hydrogens (tertiary/aromatic N) is 4. The predicted molar refractivity (Wildman–Crippen MR) is 126 cm³/mol. The van der Waals surface area contributed by atoms with Crippen LogP contribution in [0.2, 0.25) is 5.02 Å². The van der Waals surface area contributed by atoms with E-state index in [1.165, 1.54) is 11.8 Å². The van der Waals surface area contributed by atoms with Gasteiger partial charge in [0.15, 0.2) is 11.0 Å². The molecule has 32 heavy (non-hydrogen) atoms. The molecule has 166 valence electrons. The van der Waals surface area contributed by atoms with Crippen molar-refractivity contribution in [3.8, 4) is 11.8 Å². The quantitative estimate of drug-likeness (QED) is 0.412. The Kier molecular flexibility index (Phi) is 8.54. The first-order chi connectivity index (χ1) is 15.5. The zero-order valence-corrected chi connectivity index (χ0v) is 19.5. The fourth-order valence-corrected chi connectivity index (χ4v) is 3.83. The van der Waals surface area contributed by atoms with Crippen molar-refractivity contribution in [3.05, 3.63) is 64.9 Å². The van der Waals surface area contributed by atoms with Crippen LogP contribution >= 0.6 is 23.4 Å². The lowest BCUT2D eigenvalue weighted by Gasteiger charge is -2.12. The number of aromatic nitrogens is 3. The van der Waals surface area contributed by atoms with Gasteiger partial charge in [-0.05, 0) is 42.7 Å². The number of carbonyl (C=O) groups is 1. The molecule has 9 heteroatoms. The number of hydrogen-bond acceptors (Lipinski definition) is 6. The van der Waals surface area contributed by atoms with E-state index in [1.54, 1.807) is 18.2 Å². The lowest BCUT2D eigenvalue weighted by atomic mass is 10.1. The van der Waals surface area contributed by atoms with Crippen LogP contribution < -0.4 is 10.1 Å². The lowest BCUT2D eigenvalue weighted by molar-refractivity contribution is -0.113. The first-order valence-electron chi connectivity index (χ1n) is 10.2. The van der Waals surface area contributed by atoms with Gasteiger partial charge in [0.05, 0.1) is 16.3 Å². The Morgan fingerprint density at radius 2 is 2.03 bits per heavy atom. The van der Waals surface area contributed by atoms with Crippen LogP contribution in [-0.4, -0.2) is 26.4 Å². The Balaban J connectivity index is 1.64. The highest BCUT2D eigenvalue weighted by molar-refractivity contribution is 7.99. The summed E-state index contributed by atoms with van der Waals surface area (Å²) in [5.41, 5.74) is 0.903. The molecule has 0 fully saturated rings. The average Bonchev–Trinajstić information content (AvgIpc) is 3.17. The molecule has 0 spiro atoms. The minimum absolute atomic E-state index is 0.164.